The largest absolute Gasteiger partial charge is 0.497 e. The standard InChI is InChI=1S/C24H24N6O/c1-16-10-17(2)22(11-21(16)25)29-9-8-24-26-13-23(30(24)29)19-12-27-28(15-19)14-18-4-6-20(31-3)7-5-18/h4-13,15H,14,25H2,1-3H3. The van der Waals surface area contributed by atoms with Gasteiger partial charge in [0.05, 0.1) is 37.4 Å². The number of hydrogen-bond acceptors (Lipinski definition) is 4. The number of ether oxygens (including phenoxy) is 1. The number of anilines is 1. The average Bonchev–Trinajstić information content (AvgIpc) is 3.48. The molecule has 7 heteroatoms. The van der Waals surface area contributed by atoms with E-state index in [9.17, 15) is 0 Å². The summed E-state index contributed by atoms with van der Waals surface area (Å²) >= 11 is 0. The topological polar surface area (TPSA) is 75.3 Å². The van der Waals surface area contributed by atoms with Crippen LogP contribution in [0.15, 0.2) is 67.3 Å². The van der Waals surface area contributed by atoms with Crippen LogP contribution in [0.25, 0.3) is 22.6 Å². The molecule has 0 fully saturated rings. The molecule has 31 heavy (non-hydrogen) atoms. The van der Waals surface area contributed by atoms with Crippen LogP contribution >= 0.6 is 0 Å². The fourth-order valence-corrected chi connectivity index (χ4v) is 3.89. The predicted octanol–water partition coefficient (Wildman–Crippen LogP) is 4.24. The molecule has 0 radical (unpaired) electrons. The highest BCUT2D eigenvalue weighted by molar-refractivity contribution is 5.64. The number of hydrogen-bond donors (Lipinski definition) is 1. The van der Waals surface area contributed by atoms with Gasteiger partial charge in [-0.1, -0.05) is 18.2 Å². The Kier molecular flexibility index (Phi) is 4.51. The second-order valence-electron chi connectivity index (χ2n) is 7.74. The number of nitrogen functional groups attached to an aromatic ring is 1. The van der Waals surface area contributed by atoms with Crippen molar-refractivity contribution in [3.8, 4) is 22.7 Å². The van der Waals surface area contributed by atoms with Crippen molar-refractivity contribution in [1.29, 1.82) is 0 Å². The summed E-state index contributed by atoms with van der Waals surface area (Å²) in [6.45, 7) is 4.80. The number of aryl methyl sites for hydroxylation is 2. The minimum absolute atomic E-state index is 0.681. The van der Waals surface area contributed by atoms with E-state index in [4.69, 9.17) is 10.5 Å². The van der Waals surface area contributed by atoms with Crippen LogP contribution in [-0.2, 0) is 6.54 Å². The van der Waals surface area contributed by atoms with Crippen LogP contribution in [0.4, 0.5) is 5.69 Å². The van der Waals surface area contributed by atoms with Gasteiger partial charge >= 0.3 is 0 Å². The highest BCUT2D eigenvalue weighted by Crippen LogP contribution is 2.26. The number of methoxy groups -OCH3 is 1. The Hall–Kier alpha value is -4.00. The number of aromatic nitrogens is 5. The Morgan fingerprint density at radius 2 is 1.81 bits per heavy atom. The van der Waals surface area contributed by atoms with E-state index in [0.717, 1.165) is 50.7 Å². The molecule has 0 aliphatic carbocycles. The molecule has 5 rings (SSSR count). The van der Waals surface area contributed by atoms with Gasteiger partial charge in [0.1, 0.15) is 5.75 Å². The quantitative estimate of drug-likeness (QED) is 0.438. The maximum Gasteiger partial charge on any atom is 0.154 e. The summed E-state index contributed by atoms with van der Waals surface area (Å²) in [7, 11) is 1.67. The van der Waals surface area contributed by atoms with Crippen molar-refractivity contribution in [2.75, 3.05) is 12.8 Å². The second kappa shape index (κ2) is 7.36. The molecular formula is C24H24N6O. The molecule has 0 bridgehead atoms. The van der Waals surface area contributed by atoms with Gasteiger partial charge in [-0.2, -0.15) is 5.10 Å². The van der Waals surface area contributed by atoms with E-state index >= 15 is 0 Å². The molecule has 156 valence electrons. The zero-order valence-electron chi connectivity index (χ0n) is 17.8. The monoisotopic (exact) mass is 412 g/mol. The van der Waals surface area contributed by atoms with Gasteiger partial charge in [-0.15, -0.1) is 0 Å². The molecule has 0 unspecified atom stereocenters. The lowest BCUT2D eigenvalue weighted by Gasteiger charge is -2.13. The molecule has 3 heterocycles. The van der Waals surface area contributed by atoms with E-state index < -0.39 is 0 Å². The second-order valence-corrected chi connectivity index (χ2v) is 7.74. The van der Waals surface area contributed by atoms with E-state index in [1.807, 2.05) is 72.8 Å². The van der Waals surface area contributed by atoms with Gasteiger partial charge in [0, 0.05) is 29.7 Å². The van der Waals surface area contributed by atoms with Crippen LogP contribution in [0.1, 0.15) is 16.7 Å². The molecule has 3 aromatic heterocycles. The minimum Gasteiger partial charge on any atom is -0.497 e. The molecule has 5 aromatic rings. The lowest BCUT2D eigenvalue weighted by Crippen LogP contribution is -2.06. The maximum atomic E-state index is 6.20. The van der Waals surface area contributed by atoms with Crippen molar-refractivity contribution >= 4 is 11.3 Å². The lowest BCUT2D eigenvalue weighted by atomic mass is 10.1. The van der Waals surface area contributed by atoms with Crippen molar-refractivity contribution in [3.63, 3.8) is 0 Å². The highest BCUT2D eigenvalue weighted by Gasteiger charge is 2.15. The van der Waals surface area contributed by atoms with E-state index in [-0.39, 0.29) is 0 Å². The summed E-state index contributed by atoms with van der Waals surface area (Å²) in [6.07, 6.45) is 7.82. The Labute approximate surface area is 180 Å². The Morgan fingerprint density at radius 3 is 2.58 bits per heavy atom. The van der Waals surface area contributed by atoms with Crippen molar-refractivity contribution in [2.24, 2.45) is 0 Å². The number of nitrogens with two attached hydrogens (primary N) is 1. The lowest BCUT2D eigenvalue weighted by molar-refractivity contribution is 0.414. The molecular weight excluding hydrogens is 388 g/mol. The Morgan fingerprint density at radius 1 is 1.00 bits per heavy atom. The van der Waals surface area contributed by atoms with Crippen LogP contribution < -0.4 is 10.5 Å². The molecule has 7 nitrogen and oxygen atoms in total. The number of rotatable bonds is 5. The molecule has 0 aliphatic rings. The van der Waals surface area contributed by atoms with Gasteiger partial charge in [0.15, 0.2) is 5.65 Å². The molecule has 0 aliphatic heterocycles. The first-order chi connectivity index (χ1) is 15.0. The molecule has 0 amide bonds. The predicted molar refractivity (Wildman–Crippen MR) is 122 cm³/mol. The number of nitrogens with zero attached hydrogens (tertiary/aromatic N) is 5. The first kappa shape index (κ1) is 19.0. The molecule has 2 N–H and O–H groups in total. The van der Waals surface area contributed by atoms with E-state index in [1.165, 1.54) is 0 Å². The maximum absolute atomic E-state index is 6.20. The normalized spacial score (nSPS) is 11.3. The third-order valence-corrected chi connectivity index (χ3v) is 5.61. The summed E-state index contributed by atoms with van der Waals surface area (Å²) in [5.74, 6) is 0.847. The Bertz CT molecular complexity index is 1370. The van der Waals surface area contributed by atoms with Gasteiger partial charge in [-0.05, 0) is 48.7 Å². The average molecular weight is 412 g/mol. The molecule has 0 saturated carbocycles. The van der Waals surface area contributed by atoms with Gasteiger partial charge in [-0.3, -0.25) is 9.36 Å². The van der Waals surface area contributed by atoms with Gasteiger partial charge in [0.25, 0.3) is 0 Å². The fourth-order valence-electron chi connectivity index (χ4n) is 3.89. The number of benzene rings is 2. The molecule has 2 aromatic carbocycles. The summed E-state index contributed by atoms with van der Waals surface area (Å²) in [4.78, 5) is 4.58. The van der Waals surface area contributed by atoms with E-state index in [0.29, 0.717) is 6.54 Å². The summed E-state index contributed by atoms with van der Waals surface area (Å²) < 4.78 is 11.3. The highest BCUT2D eigenvalue weighted by atomic mass is 16.5. The third kappa shape index (κ3) is 3.34. The van der Waals surface area contributed by atoms with E-state index in [1.54, 1.807) is 7.11 Å². The smallest absolute Gasteiger partial charge is 0.154 e. The zero-order valence-corrected chi connectivity index (χ0v) is 17.8. The fraction of sp³-hybridized carbons (Fsp3) is 0.167. The Balaban J connectivity index is 1.52. The van der Waals surface area contributed by atoms with E-state index in [2.05, 4.69) is 32.3 Å². The molecule has 0 saturated heterocycles. The van der Waals surface area contributed by atoms with Crippen molar-refractivity contribution in [2.45, 2.75) is 20.4 Å². The number of fused-ring (bicyclic) bond motifs is 1. The molecule has 0 atom stereocenters. The van der Waals surface area contributed by atoms with Crippen molar-refractivity contribution in [1.82, 2.24) is 24.0 Å². The summed E-state index contributed by atoms with van der Waals surface area (Å²) in [6, 6.07) is 14.1. The SMILES string of the molecule is COc1ccc(Cn2cc(-c3cnc4ccn(-c5cc(N)c(C)cc5C)n34)cn2)cc1. The summed E-state index contributed by atoms with van der Waals surface area (Å²) in [5.41, 5.74) is 14.2. The number of imidazole rings is 1. The van der Waals surface area contributed by atoms with Crippen molar-refractivity contribution in [3.05, 3.63) is 83.9 Å². The van der Waals surface area contributed by atoms with Crippen LogP contribution in [0.5, 0.6) is 5.75 Å². The molecule has 0 spiro atoms. The van der Waals surface area contributed by atoms with Crippen LogP contribution in [-0.4, -0.2) is 31.1 Å². The van der Waals surface area contributed by atoms with Crippen LogP contribution in [0.2, 0.25) is 0 Å². The van der Waals surface area contributed by atoms with Gasteiger partial charge in [-0.25, -0.2) is 9.50 Å². The first-order valence-corrected chi connectivity index (χ1v) is 10.1. The van der Waals surface area contributed by atoms with Gasteiger partial charge < -0.3 is 10.5 Å². The van der Waals surface area contributed by atoms with Crippen LogP contribution in [0.3, 0.4) is 0 Å². The minimum atomic E-state index is 0.681. The van der Waals surface area contributed by atoms with Crippen LogP contribution in [0, 0.1) is 13.8 Å². The zero-order chi connectivity index (χ0) is 21.5. The summed E-state index contributed by atoms with van der Waals surface area (Å²) in [5, 5.41) is 4.56. The first-order valence-electron chi connectivity index (χ1n) is 10.1. The van der Waals surface area contributed by atoms with Gasteiger partial charge in [0.2, 0.25) is 0 Å². The van der Waals surface area contributed by atoms with Crippen molar-refractivity contribution < 1.29 is 4.74 Å². The third-order valence-electron chi connectivity index (χ3n) is 5.61.